The van der Waals surface area contributed by atoms with Crippen LogP contribution in [0.15, 0.2) is 18.2 Å². The van der Waals surface area contributed by atoms with Crippen molar-refractivity contribution in [3.63, 3.8) is 0 Å². The lowest BCUT2D eigenvalue weighted by Gasteiger charge is -2.15. The summed E-state index contributed by atoms with van der Waals surface area (Å²) in [6, 6.07) is 5.20. The third kappa shape index (κ3) is 2.75. The van der Waals surface area contributed by atoms with Crippen molar-refractivity contribution in [3.8, 4) is 5.75 Å². The van der Waals surface area contributed by atoms with Crippen LogP contribution in [0.1, 0.15) is 42.6 Å². The van der Waals surface area contributed by atoms with E-state index in [-0.39, 0.29) is 17.7 Å². The summed E-state index contributed by atoms with van der Waals surface area (Å²) in [4.78, 5) is 11.9. The molecule has 0 aliphatic carbocycles. The molecule has 0 heterocycles. The molecule has 0 spiro atoms. The smallest absolute Gasteiger partial charge is 0.251 e. The number of amides is 1. The molecule has 0 radical (unpaired) electrons. The first-order valence-corrected chi connectivity index (χ1v) is 5.69. The molecular weight excluding hydrogens is 202 g/mol. The van der Waals surface area contributed by atoms with Crippen molar-refractivity contribution >= 4 is 5.91 Å². The van der Waals surface area contributed by atoms with Crippen LogP contribution in [-0.4, -0.2) is 17.1 Å². The lowest BCUT2D eigenvalue weighted by molar-refractivity contribution is 0.0934. The van der Waals surface area contributed by atoms with Crippen molar-refractivity contribution in [1.82, 2.24) is 5.32 Å². The van der Waals surface area contributed by atoms with Crippen LogP contribution in [0.2, 0.25) is 0 Å². The minimum atomic E-state index is -0.109. The Balaban J connectivity index is 2.84. The van der Waals surface area contributed by atoms with Crippen LogP contribution in [0.25, 0.3) is 0 Å². The Morgan fingerprint density at radius 2 is 2.00 bits per heavy atom. The SMILES string of the molecule is CCC(CC)NC(=O)c1cccc(O)c1C. The minimum Gasteiger partial charge on any atom is -0.508 e. The van der Waals surface area contributed by atoms with Gasteiger partial charge in [-0.2, -0.15) is 0 Å². The lowest BCUT2D eigenvalue weighted by Crippen LogP contribution is -2.34. The molecule has 1 aromatic rings. The molecule has 0 aromatic heterocycles. The molecule has 0 bridgehead atoms. The molecule has 3 nitrogen and oxygen atoms in total. The van der Waals surface area contributed by atoms with Gasteiger partial charge in [0, 0.05) is 17.2 Å². The predicted molar refractivity (Wildman–Crippen MR) is 64.7 cm³/mol. The van der Waals surface area contributed by atoms with Gasteiger partial charge in [0.05, 0.1) is 0 Å². The first-order valence-electron chi connectivity index (χ1n) is 5.69. The maximum absolute atomic E-state index is 11.9. The number of benzene rings is 1. The molecule has 0 saturated carbocycles. The van der Waals surface area contributed by atoms with Gasteiger partial charge in [-0.05, 0) is 31.9 Å². The molecule has 1 aromatic carbocycles. The predicted octanol–water partition coefficient (Wildman–Crippen LogP) is 2.62. The largest absolute Gasteiger partial charge is 0.508 e. The van der Waals surface area contributed by atoms with E-state index in [0.29, 0.717) is 11.1 Å². The molecule has 0 unspecified atom stereocenters. The highest BCUT2D eigenvalue weighted by molar-refractivity contribution is 5.96. The van der Waals surface area contributed by atoms with E-state index in [9.17, 15) is 9.90 Å². The summed E-state index contributed by atoms with van der Waals surface area (Å²) < 4.78 is 0. The monoisotopic (exact) mass is 221 g/mol. The zero-order valence-corrected chi connectivity index (χ0v) is 10.1. The summed E-state index contributed by atoms with van der Waals surface area (Å²) in [6.07, 6.45) is 1.83. The van der Waals surface area contributed by atoms with Gasteiger partial charge in [0.25, 0.3) is 5.91 Å². The number of nitrogens with one attached hydrogen (secondary N) is 1. The number of rotatable bonds is 4. The molecule has 0 aliphatic heterocycles. The molecule has 1 rings (SSSR count). The van der Waals surface area contributed by atoms with E-state index in [2.05, 4.69) is 5.32 Å². The molecule has 0 aliphatic rings. The fraction of sp³-hybridized carbons (Fsp3) is 0.462. The number of aromatic hydroxyl groups is 1. The van der Waals surface area contributed by atoms with Crippen LogP contribution >= 0.6 is 0 Å². The average molecular weight is 221 g/mol. The van der Waals surface area contributed by atoms with E-state index in [4.69, 9.17) is 0 Å². The summed E-state index contributed by atoms with van der Waals surface area (Å²) >= 11 is 0. The number of hydrogen-bond acceptors (Lipinski definition) is 2. The second kappa shape index (κ2) is 5.54. The van der Waals surface area contributed by atoms with Gasteiger partial charge in [-0.25, -0.2) is 0 Å². The van der Waals surface area contributed by atoms with Crippen molar-refractivity contribution in [1.29, 1.82) is 0 Å². The normalized spacial score (nSPS) is 10.5. The van der Waals surface area contributed by atoms with Crippen molar-refractivity contribution in [2.75, 3.05) is 0 Å². The van der Waals surface area contributed by atoms with Gasteiger partial charge in [-0.1, -0.05) is 19.9 Å². The van der Waals surface area contributed by atoms with Gasteiger partial charge in [0.15, 0.2) is 0 Å². The van der Waals surface area contributed by atoms with Crippen molar-refractivity contribution in [2.24, 2.45) is 0 Å². The summed E-state index contributed by atoms with van der Waals surface area (Å²) in [6.45, 7) is 5.84. The Bertz CT molecular complexity index is 370. The van der Waals surface area contributed by atoms with Crippen LogP contribution in [-0.2, 0) is 0 Å². The van der Waals surface area contributed by atoms with E-state index in [1.54, 1.807) is 25.1 Å². The number of phenols is 1. The Hall–Kier alpha value is -1.51. The second-order valence-electron chi connectivity index (χ2n) is 3.94. The number of carbonyl (C=O) groups is 1. The van der Waals surface area contributed by atoms with Crippen molar-refractivity contribution in [2.45, 2.75) is 39.7 Å². The Morgan fingerprint density at radius 3 is 2.56 bits per heavy atom. The minimum absolute atomic E-state index is 0.109. The van der Waals surface area contributed by atoms with E-state index < -0.39 is 0 Å². The zero-order chi connectivity index (χ0) is 12.1. The average Bonchev–Trinajstić information content (AvgIpc) is 2.29. The molecule has 0 saturated heterocycles. The van der Waals surface area contributed by atoms with E-state index >= 15 is 0 Å². The Kier molecular flexibility index (Phi) is 4.35. The molecule has 0 fully saturated rings. The highest BCUT2D eigenvalue weighted by Gasteiger charge is 2.13. The van der Waals surface area contributed by atoms with Crippen LogP contribution < -0.4 is 5.32 Å². The molecule has 1 amide bonds. The third-order valence-electron chi connectivity index (χ3n) is 2.87. The van der Waals surface area contributed by atoms with Crippen LogP contribution in [0.5, 0.6) is 5.75 Å². The molecule has 2 N–H and O–H groups in total. The first-order chi connectivity index (χ1) is 7.60. The fourth-order valence-corrected chi connectivity index (χ4v) is 1.63. The Labute approximate surface area is 96.5 Å². The zero-order valence-electron chi connectivity index (χ0n) is 10.1. The molecule has 0 atom stereocenters. The number of hydrogen-bond donors (Lipinski definition) is 2. The van der Waals surface area contributed by atoms with E-state index in [1.165, 1.54) is 0 Å². The third-order valence-corrected chi connectivity index (χ3v) is 2.87. The summed E-state index contributed by atoms with van der Waals surface area (Å²) in [5, 5.41) is 12.5. The van der Waals surface area contributed by atoms with Gasteiger partial charge < -0.3 is 10.4 Å². The molecule has 3 heteroatoms. The highest BCUT2D eigenvalue weighted by Crippen LogP contribution is 2.19. The summed E-state index contributed by atoms with van der Waals surface area (Å²) in [7, 11) is 0. The molecule has 88 valence electrons. The number of phenolic OH excluding ortho intramolecular Hbond substituents is 1. The van der Waals surface area contributed by atoms with Gasteiger partial charge in [0.1, 0.15) is 5.75 Å². The molecule has 16 heavy (non-hydrogen) atoms. The van der Waals surface area contributed by atoms with E-state index in [0.717, 1.165) is 12.8 Å². The van der Waals surface area contributed by atoms with Gasteiger partial charge in [0.2, 0.25) is 0 Å². The number of carbonyl (C=O) groups excluding carboxylic acids is 1. The van der Waals surface area contributed by atoms with Crippen LogP contribution in [0.3, 0.4) is 0 Å². The van der Waals surface area contributed by atoms with E-state index in [1.807, 2.05) is 13.8 Å². The Morgan fingerprint density at radius 1 is 1.38 bits per heavy atom. The summed E-state index contributed by atoms with van der Waals surface area (Å²) in [5.41, 5.74) is 1.18. The topological polar surface area (TPSA) is 49.3 Å². The van der Waals surface area contributed by atoms with Gasteiger partial charge in [-0.15, -0.1) is 0 Å². The summed E-state index contributed by atoms with van der Waals surface area (Å²) in [5.74, 6) is 0.0549. The quantitative estimate of drug-likeness (QED) is 0.821. The van der Waals surface area contributed by atoms with Crippen LogP contribution in [0.4, 0.5) is 0 Å². The van der Waals surface area contributed by atoms with Crippen LogP contribution in [0, 0.1) is 6.92 Å². The standard InChI is InChI=1S/C13H19NO2/c1-4-10(5-2)14-13(16)11-7-6-8-12(15)9(11)3/h6-8,10,15H,4-5H2,1-3H3,(H,14,16). The maximum atomic E-state index is 11.9. The maximum Gasteiger partial charge on any atom is 0.251 e. The molecular formula is C13H19NO2. The van der Waals surface area contributed by atoms with Crippen molar-refractivity contribution < 1.29 is 9.90 Å². The van der Waals surface area contributed by atoms with Crippen molar-refractivity contribution in [3.05, 3.63) is 29.3 Å². The van der Waals surface area contributed by atoms with Gasteiger partial charge in [-0.3, -0.25) is 4.79 Å². The highest BCUT2D eigenvalue weighted by atomic mass is 16.3. The second-order valence-corrected chi connectivity index (χ2v) is 3.94. The fourth-order valence-electron chi connectivity index (χ4n) is 1.63. The van der Waals surface area contributed by atoms with Gasteiger partial charge >= 0.3 is 0 Å². The first kappa shape index (κ1) is 12.6. The lowest BCUT2D eigenvalue weighted by atomic mass is 10.1.